The number of nitrogens with zero attached hydrogens (tertiary/aromatic N) is 3. The molecule has 0 radical (unpaired) electrons. The third kappa shape index (κ3) is 3.56. The fourth-order valence-corrected chi connectivity index (χ4v) is 4.43. The van der Waals surface area contributed by atoms with Gasteiger partial charge in [0.15, 0.2) is 17.9 Å². The number of aliphatic hydroxyl groups is 1. The molecule has 2 aromatic carbocycles. The molecule has 6 nitrogen and oxygen atoms in total. The Morgan fingerprint density at radius 3 is 2.70 bits per heavy atom. The Balaban J connectivity index is 0.00000210. The molecule has 0 spiro atoms. The number of nitro benzene ring substituents is 1. The number of non-ortho nitro benzene ring substituents is 1. The van der Waals surface area contributed by atoms with Crippen molar-refractivity contribution < 1.29 is 31.6 Å². The van der Waals surface area contributed by atoms with Crippen molar-refractivity contribution in [3.8, 4) is 0 Å². The molecule has 0 amide bonds. The maximum atomic E-state index is 11.7. The highest BCUT2D eigenvalue weighted by atomic mass is 79.9. The van der Waals surface area contributed by atoms with Crippen LogP contribution < -0.4 is 17.0 Å². The predicted octanol–water partition coefficient (Wildman–Crippen LogP) is -0.205. The summed E-state index contributed by atoms with van der Waals surface area (Å²) in [7, 11) is 0. The standard InChI is InChI=1S/C19H18N3O3S.BrH/c23-19(15-7-2-1-3-8-15)13-20-18-21(10-5-11-26-18)17(19)14-6-4-9-16(12-14)22(24)25;/h1-4,6-9,12,23H,5,10-11,13H2;1H/q+1;/p-1. The smallest absolute Gasteiger partial charge is 0.354 e. The van der Waals surface area contributed by atoms with E-state index in [1.165, 1.54) is 12.1 Å². The third-order valence-electron chi connectivity index (χ3n) is 4.67. The van der Waals surface area contributed by atoms with E-state index < -0.39 is 10.5 Å². The minimum absolute atomic E-state index is 0. The fourth-order valence-electron chi connectivity index (χ4n) is 3.48. The summed E-state index contributed by atoms with van der Waals surface area (Å²) in [6.07, 6.45) is 0.965. The van der Waals surface area contributed by atoms with Gasteiger partial charge in [-0.25, -0.2) is 4.58 Å². The molecular formula is C19H18BrN3O3S. The van der Waals surface area contributed by atoms with Crippen molar-refractivity contribution in [2.45, 2.75) is 12.0 Å². The molecule has 8 heteroatoms. The van der Waals surface area contributed by atoms with Gasteiger partial charge in [-0.1, -0.05) is 47.5 Å². The van der Waals surface area contributed by atoms with Crippen molar-refractivity contribution >= 4 is 28.3 Å². The summed E-state index contributed by atoms with van der Waals surface area (Å²) in [5.41, 5.74) is 0.752. The summed E-state index contributed by atoms with van der Waals surface area (Å²) in [4.78, 5) is 15.4. The lowest BCUT2D eigenvalue weighted by molar-refractivity contribution is -0.413. The van der Waals surface area contributed by atoms with Gasteiger partial charge in [0.1, 0.15) is 0 Å². The average molecular weight is 448 g/mol. The molecule has 1 fully saturated rings. The number of benzene rings is 2. The monoisotopic (exact) mass is 447 g/mol. The number of amidine groups is 1. The van der Waals surface area contributed by atoms with Crippen LogP contribution in [-0.2, 0) is 5.60 Å². The summed E-state index contributed by atoms with van der Waals surface area (Å²) in [5, 5.41) is 23.8. The summed E-state index contributed by atoms with van der Waals surface area (Å²) >= 11 is 1.66. The molecule has 140 valence electrons. The minimum atomic E-state index is -1.32. The fraction of sp³-hybridized carbons (Fsp3) is 0.263. The first-order valence-corrected chi connectivity index (χ1v) is 9.43. The predicted molar refractivity (Wildman–Crippen MR) is 102 cm³/mol. The molecule has 1 saturated heterocycles. The first-order valence-electron chi connectivity index (χ1n) is 8.44. The number of thioether (sulfide) groups is 1. The van der Waals surface area contributed by atoms with Gasteiger partial charge in [-0.15, -0.1) is 0 Å². The van der Waals surface area contributed by atoms with Crippen LogP contribution in [0.25, 0.3) is 0 Å². The molecule has 1 atom stereocenters. The van der Waals surface area contributed by atoms with Gasteiger partial charge in [0, 0.05) is 23.4 Å². The molecule has 1 N–H and O–H groups in total. The van der Waals surface area contributed by atoms with Gasteiger partial charge in [-0.3, -0.25) is 10.1 Å². The zero-order chi connectivity index (χ0) is 18.1. The topological polar surface area (TPSA) is 78.7 Å². The largest absolute Gasteiger partial charge is 1.00 e. The van der Waals surface area contributed by atoms with Crippen LogP contribution in [0.5, 0.6) is 0 Å². The maximum absolute atomic E-state index is 11.7. The molecule has 0 bridgehead atoms. The quantitative estimate of drug-likeness (QED) is 0.401. The van der Waals surface area contributed by atoms with Crippen LogP contribution in [0.2, 0.25) is 0 Å². The molecule has 1 unspecified atom stereocenters. The van der Waals surface area contributed by atoms with Crippen LogP contribution in [-0.4, -0.2) is 44.3 Å². The summed E-state index contributed by atoms with van der Waals surface area (Å²) in [6.45, 7) is 0.937. The summed E-state index contributed by atoms with van der Waals surface area (Å²) in [6, 6.07) is 15.9. The van der Waals surface area contributed by atoms with Crippen LogP contribution in [0.1, 0.15) is 17.5 Å². The van der Waals surface area contributed by atoms with Crippen molar-refractivity contribution in [2.75, 3.05) is 18.8 Å². The highest BCUT2D eigenvalue weighted by Gasteiger charge is 2.47. The van der Waals surface area contributed by atoms with Gasteiger partial charge in [-0.2, -0.15) is 0 Å². The highest BCUT2D eigenvalue weighted by molar-refractivity contribution is 8.13. The first-order chi connectivity index (χ1) is 12.6. The lowest BCUT2D eigenvalue weighted by atomic mass is 9.84. The number of rotatable bonds is 3. The zero-order valence-electron chi connectivity index (χ0n) is 14.4. The number of halogens is 1. The van der Waals surface area contributed by atoms with Crippen LogP contribution in [0.15, 0.2) is 59.6 Å². The Bertz CT molecular complexity index is 933. The Hall–Kier alpha value is -2.03. The van der Waals surface area contributed by atoms with Crippen LogP contribution >= 0.6 is 11.8 Å². The molecule has 2 aliphatic heterocycles. The van der Waals surface area contributed by atoms with Gasteiger partial charge in [0.2, 0.25) is 0 Å². The van der Waals surface area contributed by atoms with Crippen molar-refractivity contribution in [3.05, 3.63) is 75.8 Å². The molecule has 27 heavy (non-hydrogen) atoms. The molecule has 4 rings (SSSR count). The average Bonchev–Trinajstić information content (AvgIpc) is 2.68. The number of fused-ring (bicyclic) bond motifs is 1. The normalized spacial score (nSPS) is 21.7. The van der Waals surface area contributed by atoms with Crippen molar-refractivity contribution in [1.29, 1.82) is 0 Å². The zero-order valence-corrected chi connectivity index (χ0v) is 16.8. The van der Waals surface area contributed by atoms with E-state index in [1.54, 1.807) is 17.8 Å². The second kappa shape index (κ2) is 7.92. The molecule has 0 aliphatic carbocycles. The van der Waals surface area contributed by atoms with E-state index in [-0.39, 0.29) is 29.2 Å². The molecule has 2 heterocycles. The van der Waals surface area contributed by atoms with Gasteiger partial charge in [0.25, 0.3) is 5.69 Å². The SMILES string of the molecule is O=[N+]([O-])c1cccc(C2=[N+]3CCCSC3=NCC2(O)c2ccccc2)c1.[Br-]. The van der Waals surface area contributed by atoms with E-state index >= 15 is 0 Å². The molecule has 2 aliphatic rings. The molecule has 0 saturated carbocycles. The van der Waals surface area contributed by atoms with Crippen molar-refractivity contribution in [3.63, 3.8) is 0 Å². The number of hydrogen-bond donors (Lipinski definition) is 1. The second-order valence-corrected chi connectivity index (χ2v) is 7.40. The van der Waals surface area contributed by atoms with Gasteiger partial charge >= 0.3 is 5.17 Å². The lowest BCUT2D eigenvalue weighted by Gasteiger charge is -2.32. The third-order valence-corrected chi connectivity index (χ3v) is 5.78. The number of aliphatic imine (C=N–C) groups is 1. The Morgan fingerprint density at radius 2 is 1.96 bits per heavy atom. The molecule has 0 aromatic heterocycles. The first kappa shape index (κ1) is 19.7. The van der Waals surface area contributed by atoms with E-state index in [0.29, 0.717) is 11.3 Å². The lowest BCUT2D eigenvalue weighted by Crippen LogP contribution is -3.00. The van der Waals surface area contributed by atoms with Gasteiger partial charge < -0.3 is 22.1 Å². The van der Waals surface area contributed by atoms with Gasteiger partial charge in [-0.05, 0) is 23.7 Å². The Labute approximate surface area is 171 Å². The molecular weight excluding hydrogens is 430 g/mol. The minimum Gasteiger partial charge on any atom is -1.00 e. The number of nitro groups is 1. The second-order valence-electron chi connectivity index (χ2n) is 6.33. The van der Waals surface area contributed by atoms with Crippen molar-refractivity contribution in [1.82, 2.24) is 0 Å². The van der Waals surface area contributed by atoms with E-state index in [4.69, 9.17) is 0 Å². The summed E-state index contributed by atoms with van der Waals surface area (Å²) < 4.78 is 2.02. The van der Waals surface area contributed by atoms with Gasteiger partial charge in [0.05, 0.1) is 11.5 Å². The van der Waals surface area contributed by atoms with Crippen LogP contribution in [0.4, 0.5) is 5.69 Å². The molecule has 2 aromatic rings. The maximum Gasteiger partial charge on any atom is 0.354 e. The van der Waals surface area contributed by atoms with E-state index in [1.807, 2.05) is 41.0 Å². The van der Waals surface area contributed by atoms with Crippen LogP contribution in [0.3, 0.4) is 0 Å². The Kier molecular flexibility index (Phi) is 5.78. The highest BCUT2D eigenvalue weighted by Crippen LogP contribution is 2.33. The van der Waals surface area contributed by atoms with Crippen molar-refractivity contribution in [2.24, 2.45) is 4.99 Å². The van der Waals surface area contributed by atoms with E-state index in [0.717, 1.165) is 29.4 Å². The Morgan fingerprint density at radius 1 is 1.19 bits per heavy atom. The summed E-state index contributed by atoms with van der Waals surface area (Å²) in [5.74, 6) is 0.987. The number of hydrogen-bond acceptors (Lipinski definition) is 5. The van der Waals surface area contributed by atoms with E-state index in [9.17, 15) is 15.2 Å². The van der Waals surface area contributed by atoms with E-state index in [2.05, 4.69) is 4.99 Å². The van der Waals surface area contributed by atoms with Crippen LogP contribution in [0, 0.1) is 10.1 Å².